The van der Waals surface area contributed by atoms with Gasteiger partial charge in [0.2, 0.25) is 10.0 Å². The van der Waals surface area contributed by atoms with Crippen LogP contribution in [0.4, 0.5) is 5.69 Å². The quantitative estimate of drug-likeness (QED) is 0.589. The molecule has 0 bridgehead atoms. The van der Waals surface area contributed by atoms with E-state index in [4.69, 9.17) is 0 Å². The maximum Gasteiger partial charge on any atom is 0.269 e. The van der Waals surface area contributed by atoms with Crippen LogP contribution in [0.3, 0.4) is 0 Å². The number of nitro groups is 1. The lowest BCUT2D eigenvalue weighted by molar-refractivity contribution is -0.384. The van der Waals surface area contributed by atoms with Crippen molar-refractivity contribution in [2.24, 2.45) is 0 Å². The highest BCUT2D eigenvalue weighted by Crippen LogP contribution is 2.26. The highest BCUT2D eigenvalue weighted by Gasteiger charge is 2.35. The number of benzene rings is 2. The van der Waals surface area contributed by atoms with Crippen LogP contribution in [0.5, 0.6) is 0 Å². The van der Waals surface area contributed by atoms with Crippen molar-refractivity contribution in [3.05, 3.63) is 69.8 Å². The standard InChI is InChI=1S/C19H21N3O5S/c1-14-4-10-18(11-5-14)28(26,27)21-12-2-3-17(21)13-20-19(23)15-6-8-16(9-7-15)22(24)25/h4-11,17H,2-3,12-13H2,1H3,(H,20,23)/t17-/m1/s1. The molecule has 0 radical (unpaired) electrons. The van der Waals surface area contributed by atoms with Crippen molar-refractivity contribution in [2.75, 3.05) is 13.1 Å². The summed E-state index contributed by atoms with van der Waals surface area (Å²) in [6.07, 6.45) is 1.38. The number of nitrogens with zero attached hydrogens (tertiary/aromatic N) is 2. The summed E-state index contributed by atoms with van der Waals surface area (Å²) in [4.78, 5) is 22.7. The molecule has 0 spiro atoms. The Morgan fingerprint density at radius 1 is 1.18 bits per heavy atom. The van der Waals surface area contributed by atoms with Gasteiger partial charge in [-0.05, 0) is 44.0 Å². The van der Waals surface area contributed by atoms with Gasteiger partial charge in [-0.15, -0.1) is 0 Å². The summed E-state index contributed by atoms with van der Waals surface area (Å²) in [6.45, 7) is 2.48. The van der Waals surface area contributed by atoms with Crippen LogP contribution in [-0.4, -0.2) is 42.7 Å². The van der Waals surface area contributed by atoms with E-state index in [1.54, 1.807) is 24.3 Å². The molecule has 2 aromatic rings. The first kappa shape index (κ1) is 20.0. The van der Waals surface area contributed by atoms with Crippen molar-refractivity contribution in [2.45, 2.75) is 30.7 Å². The second-order valence-electron chi connectivity index (χ2n) is 6.74. The number of sulfonamides is 1. The maximum atomic E-state index is 12.9. The van der Waals surface area contributed by atoms with E-state index in [1.165, 1.54) is 28.6 Å². The molecule has 1 aliphatic rings. The zero-order valence-corrected chi connectivity index (χ0v) is 16.2. The first-order chi connectivity index (χ1) is 13.3. The molecule has 2 aromatic carbocycles. The molecular weight excluding hydrogens is 382 g/mol. The topological polar surface area (TPSA) is 110 Å². The number of hydrogen-bond acceptors (Lipinski definition) is 5. The molecular formula is C19H21N3O5S. The average Bonchev–Trinajstić information content (AvgIpc) is 3.16. The van der Waals surface area contributed by atoms with E-state index >= 15 is 0 Å². The SMILES string of the molecule is Cc1ccc(S(=O)(=O)N2CCC[C@@H]2CNC(=O)c2ccc([N+](=O)[O-])cc2)cc1. The van der Waals surface area contributed by atoms with Crippen LogP contribution < -0.4 is 5.32 Å². The molecule has 9 heteroatoms. The van der Waals surface area contributed by atoms with E-state index < -0.39 is 20.9 Å². The first-order valence-corrected chi connectivity index (χ1v) is 10.3. The summed E-state index contributed by atoms with van der Waals surface area (Å²) in [7, 11) is -3.63. The number of aryl methyl sites for hydroxylation is 1. The number of carbonyl (C=O) groups is 1. The minimum atomic E-state index is -3.63. The van der Waals surface area contributed by atoms with Gasteiger partial charge < -0.3 is 5.32 Å². The molecule has 0 saturated carbocycles. The molecule has 148 valence electrons. The molecule has 1 amide bonds. The number of rotatable bonds is 6. The Hall–Kier alpha value is -2.78. The minimum absolute atomic E-state index is 0.0947. The van der Waals surface area contributed by atoms with Gasteiger partial charge in [0.15, 0.2) is 0 Å². The van der Waals surface area contributed by atoms with Crippen LogP contribution in [0.25, 0.3) is 0 Å². The first-order valence-electron chi connectivity index (χ1n) is 8.90. The van der Waals surface area contributed by atoms with Gasteiger partial charge in [0.1, 0.15) is 0 Å². The van der Waals surface area contributed by atoms with E-state index in [1.807, 2.05) is 6.92 Å². The molecule has 0 aliphatic carbocycles. The number of nitrogens with one attached hydrogen (secondary N) is 1. The molecule has 28 heavy (non-hydrogen) atoms. The van der Waals surface area contributed by atoms with Crippen LogP contribution in [0.1, 0.15) is 28.8 Å². The fourth-order valence-electron chi connectivity index (χ4n) is 3.22. The van der Waals surface area contributed by atoms with Crippen molar-refractivity contribution in [1.29, 1.82) is 0 Å². The second kappa shape index (κ2) is 8.07. The molecule has 8 nitrogen and oxygen atoms in total. The zero-order chi connectivity index (χ0) is 20.3. The summed E-state index contributed by atoms with van der Waals surface area (Å²) in [6, 6.07) is 11.7. The lowest BCUT2D eigenvalue weighted by Gasteiger charge is -2.24. The Morgan fingerprint density at radius 3 is 2.43 bits per heavy atom. The Labute approximate surface area is 163 Å². The summed E-state index contributed by atoms with van der Waals surface area (Å²) in [5.41, 5.74) is 1.17. The van der Waals surface area contributed by atoms with E-state index in [-0.39, 0.29) is 28.7 Å². The lowest BCUT2D eigenvalue weighted by Crippen LogP contribution is -2.43. The Morgan fingerprint density at radius 2 is 1.82 bits per heavy atom. The third-order valence-electron chi connectivity index (χ3n) is 4.79. The van der Waals surface area contributed by atoms with Gasteiger partial charge in [0, 0.05) is 36.8 Å². The molecule has 3 rings (SSSR count). The van der Waals surface area contributed by atoms with E-state index in [2.05, 4.69) is 5.32 Å². The van der Waals surface area contributed by atoms with Crippen molar-refractivity contribution in [3.63, 3.8) is 0 Å². The number of hydrogen-bond donors (Lipinski definition) is 1. The molecule has 1 N–H and O–H groups in total. The van der Waals surface area contributed by atoms with Crippen LogP contribution in [-0.2, 0) is 10.0 Å². The smallest absolute Gasteiger partial charge is 0.269 e. The van der Waals surface area contributed by atoms with Crippen LogP contribution in [0.15, 0.2) is 53.4 Å². The fraction of sp³-hybridized carbons (Fsp3) is 0.316. The highest BCUT2D eigenvalue weighted by atomic mass is 32.2. The van der Waals surface area contributed by atoms with Crippen molar-refractivity contribution < 1.29 is 18.1 Å². The van der Waals surface area contributed by atoms with Crippen LogP contribution >= 0.6 is 0 Å². The van der Waals surface area contributed by atoms with Crippen molar-refractivity contribution in [3.8, 4) is 0 Å². The monoisotopic (exact) mass is 403 g/mol. The molecule has 1 aliphatic heterocycles. The van der Waals surface area contributed by atoms with Crippen LogP contribution in [0.2, 0.25) is 0 Å². The predicted molar refractivity (Wildman–Crippen MR) is 104 cm³/mol. The molecule has 0 unspecified atom stereocenters. The van der Waals surface area contributed by atoms with Gasteiger partial charge in [-0.2, -0.15) is 4.31 Å². The van der Waals surface area contributed by atoms with Gasteiger partial charge in [0.25, 0.3) is 11.6 Å². The van der Waals surface area contributed by atoms with E-state index in [0.29, 0.717) is 13.0 Å². The normalized spacial score (nSPS) is 17.4. The third-order valence-corrected chi connectivity index (χ3v) is 6.76. The largest absolute Gasteiger partial charge is 0.350 e. The van der Waals surface area contributed by atoms with Gasteiger partial charge in [-0.3, -0.25) is 14.9 Å². The highest BCUT2D eigenvalue weighted by molar-refractivity contribution is 7.89. The number of non-ortho nitro benzene ring substituents is 1. The summed E-state index contributed by atoms with van der Waals surface area (Å²) in [5.74, 6) is -0.394. The fourth-order valence-corrected chi connectivity index (χ4v) is 4.92. The molecule has 1 heterocycles. The minimum Gasteiger partial charge on any atom is -0.350 e. The molecule has 1 fully saturated rings. The van der Waals surface area contributed by atoms with Crippen molar-refractivity contribution in [1.82, 2.24) is 9.62 Å². The van der Waals surface area contributed by atoms with E-state index in [0.717, 1.165) is 12.0 Å². The molecule has 1 saturated heterocycles. The summed E-state index contributed by atoms with van der Waals surface area (Å²) in [5, 5.41) is 13.4. The zero-order valence-electron chi connectivity index (χ0n) is 15.4. The third kappa shape index (κ3) is 4.20. The number of nitro benzene ring substituents is 1. The average molecular weight is 403 g/mol. The summed E-state index contributed by atoms with van der Waals surface area (Å²) < 4.78 is 27.3. The predicted octanol–water partition coefficient (Wildman–Crippen LogP) is 2.49. The maximum absolute atomic E-state index is 12.9. The Kier molecular flexibility index (Phi) is 5.76. The second-order valence-corrected chi connectivity index (χ2v) is 8.63. The van der Waals surface area contributed by atoms with Gasteiger partial charge >= 0.3 is 0 Å². The van der Waals surface area contributed by atoms with E-state index in [9.17, 15) is 23.3 Å². The number of carbonyl (C=O) groups excluding carboxylic acids is 1. The van der Waals surface area contributed by atoms with Gasteiger partial charge in [-0.1, -0.05) is 17.7 Å². The van der Waals surface area contributed by atoms with Crippen LogP contribution in [0, 0.1) is 17.0 Å². The van der Waals surface area contributed by atoms with Gasteiger partial charge in [0.05, 0.1) is 9.82 Å². The number of amides is 1. The summed E-state index contributed by atoms with van der Waals surface area (Å²) >= 11 is 0. The van der Waals surface area contributed by atoms with Gasteiger partial charge in [-0.25, -0.2) is 8.42 Å². The molecule has 0 aromatic heterocycles. The van der Waals surface area contributed by atoms with Crippen molar-refractivity contribution >= 4 is 21.6 Å². The Balaban J connectivity index is 1.67. The lowest BCUT2D eigenvalue weighted by atomic mass is 10.2. The molecule has 1 atom stereocenters. The Bertz CT molecular complexity index is 972.